The lowest BCUT2D eigenvalue weighted by molar-refractivity contribution is 0.207. The highest BCUT2D eigenvalue weighted by Gasteiger charge is 2.29. The zero-order chi connectivity index (χ0) is 16.1. The van der Waals surface area contributed by atoms with Crippen molar-refractivity contribution in [2.24, 2.45) is 5.92 Å². The molecule has 2 fully saturated rings. The first-order valence-electron chi connectivity index (χ1n) is 8.86. The molecule has 2 saturated heterocycles. The summed E-state index contributed by atoms with van der Waals surface area (Å²) in [6.07, 6.45) is 2.49. The lowest BCUT2D eigenvalue weighted by Crippen LogP contribution is -2.44. The molecule has 126 valence electrons. The second-order valence-corrected chi connectivity index (χ2v) is 7.09. The maximum absolute atomic E-state index is 4.02. The molecule has 0 radical (unpaired) electrons. The van der Waals surface area contributed by atoms with Crippen LogP contribution in [-0.4, -0.2) is 43.7 Å². The number of nitrogens with one attached hydrogen (secondary N) is 3. The van der Waals surface area contributed by atoms with Crippen molar-refractivity contribution in [2.45, 2.75) is 31.8 Å². The molecule has 23 heavy (non-hydrogen) atoms. The van der Waals surface area contributed by atoms with Gasteiger partial charge < -0.3 is 5.32 Å². The van der Waals surface area contributed by atoms with Crippen LogP contribution in [0.15, 0.2) is 42.5 Å². The summed E-state index contributed by atoms with van der Waals surface area (Å²) in [4.78, 5) is 2.52. The SMILES string of the molecule is C=C(C)CN1CCC(NCC2CNNC2c2ccccc2)CC1. The van der Waals surface area contributed by atoms with E-state index >= 15 is 0 Å². The Hall–Kier alpha value is -1.20. The van der Waals surface area contributed by atoms with Crippen molar-refractivity contribution in [3.05, 3.63) is 48.0 Å². The van der Waals surface area contributed by atoms with Crippen LogP contribution in [0, 0.1) is 5.92 Å². The largest absolute Gasteiger partial charge is 0.313 e. The Morgan fingerprint density at radius 1 is 1.26 bits per heavy atom. The fourth-order valence-electron chi connectivity index (χ4n) is 3.74. The lowest BCUT2D eigenvalue weighted by Gasteiger charge is -2.33. The first-order chi connectivity index (χ1) is 11.2. The molecule has 0 amide bonds. The van der Waals surface area contributed by atoms with E-state index in [2.05, 4.69) is 64.9 Å². The Kier molecular flexibility index (Phi) is 5.84. The van der Waals surface area contributed by atoms with Crippen molar-refractivity contribution >= 4 is 0 Å². The highest BCUT2D eigenvalue weighted by atomic mass is 15.4. The molecule has 0 aliphatic carbocycles. The Bertz CT molecular complexity index is 493. The van der Waals surface area contributed by atoms with E-state index in [0.29, 0.717) is 18.0 Å². The van der Waals surface area contributed by atoms with Gasteiger partial charge in [0, 0.05) is 31.6 Å². The van der Waals surface area contributed by atoms with E-state index in [-0.39, 0.29) is 0 Å². The Balaban J connectivity index is 1.44. The fraction of sp³-hybridized carbons (Fsp3) is 0.579. The molecule has 3 N–H and O–H groups in total. The van der Waals surface area contributed by atoms with Gasteiger partial charge in [0.2, 0.25) is 0 Å². The van der Waals surface area contributed by atoms with Gasteiger partial charge in [-0.25, -0.2) is 5.43 Å². The second-order valence-electron chi connectivity index (χ2n) is 7.09. The number of likely N-dealkylation sites (tertiary alicyclic amines) is 1. The summed E-state index contributed by atoms with van der Waals surface area (Å²) in [5.74, 6) is 0.603. The van der Waals surface area contributed by atoms with Crippen LogP contribution in [0.2, 0.25) is 0 Å². The summed E-state index contributed by atoms with van der Waals surface area (Å²) in [6, 6.07) is 11.8. The number of hydrogen-bond acceptors (Lipinski definition) is 4. The first kappa shape index (κ1) is 16.7. The van der Waals surface area contributed by atoms with Crippen LogP contribution in [0.3, 0.4) is 0 Å². The van der Waals surface area contributed by atoms with Crippen molar-refractivity contribution in [2.75, 3.05) is 32.7 Å². The Labute approximate surface area is 140 Å². The zero-order valence-electron chi connectivity index (χ0n) is 14.2. The predicted octanol–water partition coefficient (Wildman–Crippen LogP) is 2.08. The normalized spacial score (nSPS) is 26.5. The molecule has 4 nitrogen and oxygen atoms in total. The maximum atomic E-state index is 4.02. The van der Waals surface area contributed by atoms with Gasteiger partial charge in [-0.3, -0.25) is 10.3 Å². The molecule has 2 aliphatic heterocycles. The van der Waals surface area contributed by atoms with Gasteiger partial charge in [-0.05, 0) is 38.4 Å². The number of benzene rings is 1. The molecule has 2 heterocycles. The number of hydrazine groups is 1. The van der Waals surface area contributed by atoms with Crippen LogP contribution < -0.4 is 16.2 Å². The smallest absolute Gasteiger partial charge is 0.0515 e. The van der Waals surface area contributed by atoms with Gasteiger partial charge in [-0.15, -0.1) is 0 Å². The summed E-state index contributed by atoms with van der Waals surface area (Å²) >= 11 is 0. The predicted molar refractivity (Wildman–Crippen MR) is 96.1 cm³/mol. The van der Waals surface area contributed by atoms with Crippen molar-refractivity contribution in [3.8, 4) is 0 Å². The van der Waals surface area contributed by atoms with E-state index in [1.165, 1.54) is 37.1 Å². The molecule has 0 aromatic heterocycles. The maximum Gasteiger partial charge on any atom is 0.0515 e. The van der Waals surface area contributed by atoms with Crippen LogP contribution >= 0.6 is 0 Å². The van der Waals surface area contributed by atoms with E-state index < -0.39 is 0 Å². The van der Waals surface area contributed by atoms with Crippen LogP contribution in [-0.2, 0) is 0 Å². The minimum atomic E-state index is 0.409. The van der Waals surface area contributed by atoms with Gasteiger partial charge in [-0.1, -0.05) is 42.5 Å². The number of piperidine rings is 1. The zero-order valence-corrected chi connectivity index (χ0v) is 14.2. The van der Waals surface area contributed by atoms with Crippen LogP contribution in [0.4, 0.5) is 0 Å². The minimum Gasteiger partial charge on any atom is -0.313 e. The molecule has 2 aliphatic rings. The Morgan fingerprint density at radius 2 is 2.00 bits per heavy atom. The van der Waals surface area contributed by atoms with Crippen molar-refractivity contribution in [1.29, 1.82) is 0 Å². The molecule has 0 bridgehead atoms. The van der Waals surface area contributed by atoms with Crippen molar-refractivity contribution in [3.63, 3.8) is 0 Å². The van der Waals surface area contributed by atoms with Gasteiger partial charge in [0.15, 0.2) is 0 Å². The molecule has 1 aromatic rings. The van der Waals surface area contributed by atoms with Crippen molar-refractivity contribution < 1.29 is 0 Å². The minimum absolute atomic E-state index is 0.409. The van der Waals surface area contributed by atoms with E-state index in [0.717, 1.165) is 19.6 Å². The quantitative estimate of drug-likeness (QED) is 0.703. The monoisotopic (exact) mass is 314 g/mol. The van der Waals surface area contributed by atoms with E-state index in [1.807, 2.05) is 0 Å². The molecule has 2 atom stereocenters. The lowest BCUT2D eigenvalue weighted by atomic mass is 9.94. The standard InChI is InChI=1S/C19H30N4/c1-15(2)14-23-10-8-18(9-11-23)20-12-17-13-21-22-19(17)16-6-4-3-5-7-16/h3-7,17-22H,1,8-14H2,2H3. The van der Waals surface area contributed by atoms with Gasteiger partial charge in [0.05, 0.1) is 6.04 Å². The van der Waals surface area contributed by atoms with Gasteiger partial charge >= 0.3 is 0 Å². The molecule has 1 aromatic carbocycles. The third-order valence-electron chi connectivity index (χ3n) is 5.00. The van der Waals surface area contributed by atoms with Crippen LogP contribution in [0.1, 0.15) is 31.4 Å². The van der Waals surface area contributed by atoms with E-state index in [4.69, 9.17) is 0 Å². The average Bonchev–Trinajstić information content (AvgIpc) is 3.03. The van der Waals surface area contributed by atoms with E-state index in [1.54, 1.807) is 0 Å². The Morgan fingerprint density at radius 3 is 2.70 bits per heavy atom. The molecule has 3 rings (SSSR count). The second kappa shape index (κ2) is 8.06. The molecular weight excluding hydrogens is 284 g/mol. The average molecular weight is 314 g/mol. The topological polar surface area (TPSA) is 39.3 Å². The summed E-state index contributed by atoms with van der Waals surface area (Å²) in [6.45, 7) is 11.7. The highest BCUT2D eigenvalue weighted by Crippen LogP contribution is 2.24. The summed E-state index contributed by atoms with van der Waals surface area (Å²) in [5, 5.41) is 3.81. The molecular formula is C19H30N4. The fourth-order valence-corrected chi connectivity index (χ4v) is 3.74. The summed E-state index contributed by atoms with van der Waals surface area (Å²) in [5.41, 5.74) is 9.41. The van der Waals surface area contributed by atoms with Crippen LogP contribution in [0.5, 0.6) is 0 Å². The van der Waals surface area contributed by atoms with Gasteiger partial charge in [-0.2, -0.15) is 0 Å². The third-order valence-corrected chi connectivity index (χ3v) is 5.00. The summed E-state index contributed by atoms with van der Waals surface area (Å²) < 4.78 is 0. The summed E-state index contributed by atoms with van der Waals surface area (Å²) in [7, 11) is 0. The molecule has 2 unspecified atom stereocenters. The highest BCUT2D eigenvalue weighted by molar-refractivity contribution is 5.20. The number of rotatable bonds is 6. The molecule has 0 spiro atoms. The molecule has 0 saturated carbocycles. The first-order valence-corrected chi connectivity index (χ1v) is 8.86. The number of hydrogen-bond donors (Lipinski definition) is 3. The number of nitrogens with zero attached hydrogens (tertiary/aromatic N) is 1. The van der Waals surface area contributed by atoms with Gasteiger partial charge in [0.25, 0.3) is 0 Å². The molecule has 4 heteroatoms. The third kappa shape index (κ3) is 4.64. The van der Waals surface area contributed by atoms with Crippen LogP contribution in [0.25, 0.3) is 0 Å². The van der Waals surface area contributed by atoms with Crippen molar-refractivity contribution in [1.82, 2.24) is 21.1 Å². The van der Waals surface area contributed by atoms with E-state index in [9.17, 15) is 0 Å². The van der Waals surface area contributed by atoms with Gasteiger partial charge in [0.1, 0.15) is 0 Å².